The van der Waals surface area contributed by atoms with Gasteiger partial charge in [-0.2, -0.15) is 9.61 Å². The van der Waals surface area contributed by atoms with Gasteiger partial charge < -0.3 is 29.3 Å². The Bertz CT molecular complexity index is 1320. The molecule has 0 bridgehead atoms. The fourth-order valence-corrected chi connectivity index (χ4v) is 3.79. The topological polar surface area (TPSA) is 150 Å². The number of furan rings is 1. The van der Waals surface area contributed by atoms with E-state index in [1.165, 1.54) is 48.2 Å². The summed E-state index contributed by atoms with van der Waals surface area (Å²) in [5.41, 5.74) is -0.0629. The molecule has 1 saturated carbocycles. The van der Waals surface area contributed by atoms with E-state index in [9.17, 15) is 14.4 Å². The maximum atomic E-state index is 13.1. The van der Waals surface area contributed by atoms with Gasteiger partial charge in [0.15, 0.2) is 5.65 Å². The summed E-state index contributed by atoms with van der Waals surface area (Å²) < 4.78 is 22.2. The highest BCUT2D eigenvalue weighted by Gasteiger charge is 2.33. The molecule has 1 aliphatic carbocycles. The first kappa shape index (κ1) is 25.9. The molecule has 0 aliphatic heterocycles. The second kappa shape index (κ2) is 10.1. The monoisotopic (exact) mass is 514 g/mol. The number of rotatable bonds is 7. The highest BCUT2D eigenvalue weighted by molar-refractivity contribution is 6.01. The largest absolute Gasteiger partial charge is 0.463 e. The highest BCUT2D eigenvalue weighted by Crippen LogP contribution is 2.28. The first-order valence-electron chi connectivity index (χ1n) is 11.6. The molecule has 198 valence electrons. The third kappa shape index (κ3) is 5.35. The normalized spacial score (nSPS) is 17.1. The molecule has 3 heterocycles. The summed E-state index contributed by atoms with van der Waals surface area (Å²) in [6, 6.07) is 2.94. The van der Waals surface area contributed by atoms with Crippen LogP contribution in [0, 0.1) is 0 Å². The molecule has 0 saturated heterocycles. The number of esters is 1. The average Bonchev–Trinajstić information content (AvgIpc) is 3.46. The van der Waals surface area contributed by atoms with Crippen molar-refractivity contribution in [3.05, 3.63) is 35.9 Å². The molecule has 13 nitrogen and oxygen atoms in total. The first-order valence-corrected chi connectivity index (χ1v) is 11.6. The lowest BCUT2D eigenvalue weighted by Crippen LogP contribution is -2.51. The molecule has 2 amide bonds. The van der Waals surface area contributed by atoms with E-state index in [2.05, 4.69) is 20.7 Å². The van der Waals surface area contributed by atoms with Crippen molar-refractivity contribution in [2.45, 2.75) is 51.4 Å². The summed E-state index contributed by atoms with van der Waals surface area (Å²) in [5, 5.41) is 10.3. The van der Waals surface area contributed by atoms with Crippen LogP contribution in [0.4, 0.5) is 22.1 Å². The van der Waals surface area contributed by atoms with Gasteiger partial charge in [0.1, 0.15) is 22.8 Å². The van der Waals surface area contributed by atoms with Gasteiger partial charge in [0.05, 0.1) is 37.4 Å². The zero-order valence-electron chi connectivity index (χ0n) is 21.5. The van der Waals surface area contributed by atoms with Crippen LogP contribution in [0.25, 0.3) is 5.65 Å². The van der Waals surface area contributed by atoms with Crippen LogP contribution in [-0.2, 0) is 14.2 Å². The molecule has 2 atom stereocenters. The van der Waals surface area contributed by atoms with Crippen LogP contribution in [-0.4, -0.2) is 71.6 Å². The van der Waals surface area contributed by atoms with Gasteiger partial charge >= 0.3 is 12.1 Å². The molecular formula is C24H30N6O7. The summed E-state index contributed by atoms with van der Waals surface area (Å²) in [6.45, 7) is 5.27. The summed E-state index contributed by atoms with van der Waals surface area (Å²) >= 11 is 0. The standard InChI is InChI=1S/C24H30N6O7/c1-24(2,3)37-23(33)29(4)18-11-17(26-15-9-10-36-19(15)22(32)35-6)28-20-13(12-25-30(18)20)21(31)27-14-7-8-16(14)34-5/h9-12,14,16H,7-8H2,1-6H3,(H,26,28)(H,27,31)/t14?,16-/m0/s1. The van der Waals surface area contributed by atoms with Crippen LogP contribution >= 0.6 is 0 Å². The molecule has 3 aromatic rings. The third-order valence-electron chi connectivity index (χ3n) is 5.84. The molecule has 3 aromatic heterocycles. The SMILES string of the molecule is COC(=O)c1occc1Nc1cc(N(C)C(=O)OC(C)(C)C)n2ncc(C(=O)NC3CC[C@@H]3OC)c2n1. The fraction of sp³-hybridized carbons (Fsp3) is 0.458. The summed E-state index contributed by atoms with van der Waals surface area (Å²) in [4.78, 5) is 43.9. The van der Waals surface area contributed by atoms with E-state index in [1.807, 2.05) is 0 Å². The molecule has 13 heteroatoms. The maximum Gasteiger partial charge on any atom is 0.415 e. The van der Waals surface area contributed by atoms with Gasteiger partial charge in [-0.1, -0.05) is 0 Å². The fourth-order valence-electron chi connectivity index (χ4n) is 3.79. The molecule has 1 fully saturated rings. The number of fused-ring (bicyclic) bond motifs is 1. The average molecular weight is 515 g/mol. The molecule has 37 heavy (non-hydrogen) atoms. The zero-order chi connectivity index (χ0) is 26.9. The molecular weight excluding hydrogens is 484 g/mol. The lowest BCUT2D eigenvalue weighted by atomic mass is 9.89. The smallest absolute Gasteiger partial charge is 0.415 e. The van der Waals surface area contributed by atoms with Gasteiger partial charge in [-0.3, -0.25) is 9.69 Å². The molecule has 2 N–H and O–H groups in total. The number of aromatic nitrogens is 3. The van der Waals surface area contributed by atoms with Crippen molar-refractivity contribution < 1.29 is 33.0 Å². The van der Waals surface area contributed by atoms with E-state index in [1.54, 1.807) is 27.9 Å². The van der Waals surface area contributed by atoms with E-state index < -0.39 is 17.7 Å². The van der Waals surface area contributed by atoms with E-state index in [4.69, 9.17) is 18.6 Å². The number of ether oxygens (including phenoxy) is 3. The van der Waals surface area contributed by atoms with E-state index in [0.717, 1.165) is 12.8 Å². The number of anilines is 3. The van der Waals surface area contributed by atoms with Gasteiger partial charge in [-0.05, 0) is 33.6 Å². The lowest BCUT2D eigenvalue weighted by molar-refractivity contribution is 0.00732. The molecule has 0 spiro atoms. The Morgan fingerprint density at radius 1 is 1.22 bits per heavy atom. The minimum absolute atomic E-state index is 0.0531. The number of carbonyl (C=O) groups excluding carboxylic acids is 3. The van der Waals surface area contributed by atoms with Crippen LogP contribution in [0.3, 0.4) is 0 Å². The molecule has 0 radical (unpaired) electrons. The predicted octanol–water partition coefficient (Wildman–Crippen LogP) is 3.13. The lowest BCUT2D eigenvalue weighted by Gasteiger charge is -2.35. The van der Waals surface area contributed by atoms with E-state index in [0.29, 0.717) is 0 Å². The van der Waals surface area contributed by atoms with E-state index in [-0.39, 0.29) is 52.3 Å². The van der Waals surface area contributed by atoms with Gasteiger partial charge in [0.25, 0.3) is 5.91 Å². The zero-order valence-corrected chi connectivity index (χ0v) is 21.5. The van der Waals surface area contributed by atoms with Gasteiger partial charge in [0, 0.05) is 26.3 Å². The minimum atomic E-state index is -0.736. The third-order valence-corrected chi connectivity index (χ3v) is 5.84. The molecule has 1 aliphatic rings. The van der Waals surface area contributed by atoms with Crippen molar-refractivity contribution in [2.75, 3.05) is 31.5 Å². The van der Waals surface area contributed by atoms with Crippen LogP contribution in [0.5, 0.6) is 0 Å². The second-order valence-electron chi connectivity index (χ2n) is 9.54. The number of nitrogens with zero attached hydrogens (tertiary/aromatic N) is 4. The number of nitrogens with one attached hydrogen (secondary N) is 2. The Morgan fingerprint density at radius 3 is 2.59 bits per heavy atom. The Morgan fingerprint density at radius 2 is 1.97 bits per heavy atom. The van der Waals surface area contributed by atoms with Crippen LogP contribution in [0.15, 0.2) is 29.0 Å². The Kier molecular flexibility index (Phi) is 7.07. The van der Waals surface area contributed by atoms with Crippen LogP contribution in [0.1, 0.15) is 54.5 Å². The number of hydrogen-bond acceptors (Lipinski definition) is 10. The maximum absolute atomic E-state index is 13.1. The summed E-state index contributed by atoms with van der Waals surface area (Å²) in [5.74, 6) is -0.638. The van der Waals surface area contributed by atoms with Gasteiger partial charge in [-0.15, -0.1) is 0 Å². The molecule has 0 aromatic carbocycles. The number of hydrogen-bond donors (Lipinski definition) is 2. The number of amides is 2. The van der Waals surface area contributed by atoms with Crippen molar-refractivity contribution in [3.63, 3.8) is 0 Å². The van der Waals surface area contributed by atoms with Crippen molar-refractivity contribution in [2.24, 2.45) is 0 Å². The Balaban J connectivity index is 1.75. The second-order valence-corrected chi connectivity index (χ2v) is 9.54. The minimum Gasteiger partial charge on any atom is -0.463 e. The summed E-state index contributed by atoms with van der Waals surface area (Å²) in [7, 11) is 4.36. The quantitative estimate of drug-likeness (QED) is 0.450. The van der Waals surface area contributed by atoms with E-state index >= 15 is 0 Å². The van der Waals surface area contributed by atoms with Gasteiger partial charge in [0.2, 0.25) is 5.76 Å². The number of methoxy groups -OCH3 is 2. The van der Waals surface area contributed by atoms with Crippen molar-refractivity contribution in [3.8, 4) is 0 Å². The molecule has 1 unspecified atom stereocenters. The van der Waals surface area contributed by atoms with Crippen molar-refractivity contribution >= 4 is 40.9 Å². The summed E-state index contributed by atoms with van der Waals surface area (Å²) in [6.07, 6.45) is 3.68. The van der Waals surface area contributed by atoms with Crippen molar-refractivity contribution in [1.29, 1.82) is 0 Å². The van der Waals surface area contributed by atoms with Gasteiger partial charge in [-0.25, -0.2) is 14.6 Å². The predicted molar refractivity (Wildman–Crippen MR) is 132 cm³/mol. The highest BCUT2D eigenvalue weighted by atomic mass is 16.6. The van der Waals surface area contributed by atoms with Crippen LogP contribution < -0.4 is 15.5 Å². The molecule has 4 rings (SSSR count). The van der Waals surface area contributed by atoms with Crippen LogP contribution in [0.2, 0.25) is 0 Å². The Labute approximate surface area is 213 Å². The Hall–Kier alpha value is -4.13. The van der Waals surface area contributed by atoms with Crippen molar-refractivity contribution in [1.82, 2.24) is 19.9 Å². The number of carbonyl (C=O) groups is 3. The first-order chi connectivity index (χ1) is 17.5.